The maximum atomic E-state index is 13.2. The van der Waals surface area contributed by atoms with E-state index in [0.717, 1.165) is 40.8 Å². The smallest absolute Gasteiger partial charge is 0.264 e. The topological polar surface area (TPSA) is 56.1 Å². The summed E-state index contributed by atoms with van der Waals surface area (Å²) in [6, 6.07) is 7.87. The predicted octanol–water partition coefficient (Wildman–Crippen LogP) is 4.14. The van der Waals surface area contributed by atoms with Gasteiger partial charge in [-0.25, -0.2) is 4.98 Å². The third-order valence-corrected chi connectivity index (χ3v) is 6.16. The van der Waals surface area contributed by atoms with Gasteiger partial charge in [0, 0.05) is 18.0 Å². The highest BCUT2D eigenvalue weighted by atomic mass is 32.1. The summed E-state index contributed by atoms with van der Waals surface area (Å²) in [5, 5.41) is 4.14. The number of allylic oxidation sites excluding steroid dienone is 1. The molecule has 1 aliphatic rings. The maximum absolute atomic E-state index is 13.2. The van der Waals surface area contributed by atoms with Gasteiger partial charge in [-0.05, 0) is 48.9 Å². The Labute approximate surface area is 162 Å². The fourth-order valence-corrected chi connectivity index (χ4v) is 4.89. The van der Waals surface area contributed by atoms with E-state index in [9.17, 15) is 4.79 Å². The van der Waals surface area contributed by atoms with Gasteiger partial charge < -0.3 is 10.1 Å². The monoisotopic (exact) mass is 381 g/mol. The molecule has 0 radical (unpaired) electrons. The lowest BCUT2D eigenvalue weighted by atomic mass is 9.97. The quantitative estimate of drug-likeness (QED) is 0.652. The Morgan fingerprint density at radius 3 is 3.04 bits per heavy atom. The van der Waals surface area contributed by atoms with E-state index < -0.39 is 0 Å². The van der Waals surface area contributed by atoms with E-state index in [1.807, 2.05) is 24.3 Å². The van der Waals surface area contributed by atoms with Crippen molar-refractivity contribution < 1.29 is 4.74 Å². The normalized spacial score (nSPS) is 13.4. The highest BCUT2D eigenvalue weighted by Crippen LogP contribution is 2.34. The Morgan fingerprint density at radius 1 is 1.37 bits per heavy atom. The molecule has 0 atom stereocenters. The molecule has 0 spiro atoms. The average Bonchev–Trinajstić information content (AvgIpc) is 3.07. The van der Waals surface area contributed by atoms with Crippen LogP contribution in [0.4, 0.5) is 5.95 Å². The number of anilines is 1. The van der Waals surface area contributed by atoms with Crippen molar-refractivity contribution in [3.63, 3.8) is 0 Å². The van der Waals surface area contributed by atoms with Gasteiger partial charge in [-0.3, -0.25) is 9.36 Å². The third kappa shape index (κ3) is 3.37. The second-order valence-electron chi connectivity index (χ2n) is 6.74. The molecular weight excluding hydrogens is 358 g/mol. The summed E-state index contributed by atoms with van der Waals surface area (Å²) in [6.45, 7) is 4.81. The Morgan fingerprint density at radius 2 is 2.22 bits per heavy atom. The van der Waals surface area contributed by atoms with Crippen LogP contribution in [0.25, 0.3) is 10.2 Å². The van der Waals surface area contributed by atoms with Crippen LogP contribution < -0.4 is 15.6 Å². The number of aryl methyl sites for hydroxylation is 2. The number of fused-ring (bicyclic) bond motifs is 3. The van der Waals surface area contributed by atoms with Gasteiger partial charge in [-0.1, -0.05) is 18.2 Å². The molecule has 0 bridgehead atoms. The molecule has 2 heterocycles. The summed E-state index contributed by atoms with van der Waals surface area (Å²) in [5.74, 6) is 1.40. The van der Waals surface area contributed by atoms with Crippen LogP contribution in [-0.2, 0) is 25.9 Å². The van der Waals surface area contributed by atoms with Gasteiger partial charge in [0.2, 0.25) is 5.95 Å². The van der Waals surface area contributed by atoms with Crippen molar-refractivity contribution in [2.24, 2.45) is 0 Å². The molecule has 140 valence electrons. The summed E-state index contributed by atoms with van der Waals surface area (Å²) in [6.07, 6.45) is 6.13. The van der Waals surface area contributed by atoms with Gasteiger partial charge in [0.15, 0.2) is 0 Å². The van der Waals surface area contributed by atoms with Gasteiger partial charge in [0.1, 0.15) is 10.6 Å². The van der Waals surface area contributed by atoms with E-state index in [2.05, 4.69) is 11.9 Å². The molecule has 0 saturated carbocycles. The molecule has 0 saturated heterocycles. The van der Waals surface area contributed by atoms with Crippen molar-refractivity contribution in [3.05, 3.63) is 63.3 Å². The van der Waals surface area contributed by atoms with Crippen LogP contribution in [0.15, 0.2) is 41.7 Å². The van der Waals surface area contributed by atoms with Crippen molar-refractivity contribution >= 4 is 27.5 Å². The van der Waals surface area contributed by atoms with Crippen LogP contribution in [0, 0.1) is 0 Å². The number of rotatable bonds is 6. The zero-order valence-electron chi connectivity index (χ0n) is 15.5. The van der Waals surface area contributed by atoms with Crippen molar-refractivity contribution in [1.82, 2.24) is 9.55 Å². The van der Waals surface area contributed by atoms with E-state index >= 15 is 0 Å². The number of hydrogen-bond donors (Lipinski definition) is 1. The minimum atomic E-state index is 0.0347. The van der Waals surface area contributed by atoms with Gasteiger partial charge in [-0.2, -0.15) is 0 Å². The maximum Gasteiger partial charge on any atom is 0.264 e. The average molecular weight is 382 g/mol. The molecule has 2 aromatic heterocycles. The molecule has 27 heavy (non-hydrogen) atoms. The van der Waals surface area contributed by atoms with Crippen LogP contribution >= 0.6 is 11.3 Å². The number of benzene rings is 1. The standard InChI is InChI=1S/C21H23N3O2S/c1-3-11-24-20(25)18-16-9-4-5-10-17(16)27-19(18)23-21(24)22-13-14-7-6-8-15(12-14)26-2/h3,6-8,12H,1,4-5,9-11,13H2,2H3,(H,22,23). The summed E-state index contributed by atoms with van der Waals surface area (Å²) >= 11 is 1.67. The minimum Gasteiger partial charge on any atom is -0.497 e. The second-order valence-corrected chi connectivity index (χ2v) is 7.82. The molecule has 3 aromatic rings. The lowest BCUT2D eigenvalue weighted by Gasteiger charge is -2.14. The van der Waals surface area contributed by atoms with Gasteiger partial charge >= 0.3 is 0 Å². The van der Waals surface area contributed by atoms with E-state index in [0.29, 0.717) is 19.0 Å². The number of hydrogen-bond acceptors (Lipinski definition) is 5. The summed E-state index contributed by atoms with van der Waals surface area (Å²) in [4.78, 5) is 20.2. The molecule has 6 heteroatoms. The Balaban J connectivity index is 1.73. The van der Waals surface area contributed by atoms with Gasteiger partial charge in [-0.15, -0.1) is 17.9 Å². The Kier molecular flexibility index (Phi) is 4.99. The molecule has 1 N–H and O–H groups in total. The largest absolute Gasteiger partial charge is 0.497 e. The number of aromatic nitrogens is 2. The number of thiophene rings is 1. The van der Waals surface area contributed by atoms with Gasteiger partial charge in [0.25, 0.3) is 5.56 Å². The number of nitrogens with one attached hydrogen (secondary N) is 1. The number of nitrogens with zero attached hydrogens (tertiary/aromatic N) is 2. The fraction of sp³-hybridized carbons (Fsp3) is 0.333. The summed E-state index contributed by atoms with van der Waals surface area (Å²) in [5.41, 5.74) is 2.32. The molecule has 5 nitrogen and oxygen atoms in total. The molecule has 0 aliphatic heterocycles. The molecule has 0 unspecified atom stereocenters. The lowest BCUT2D eigenvalue weighted by molar-refractivity contribution is 0.414. The minimum absolute atomic E-state index is 0.0347. The van der Waals surface area contributed by atoms with Crippen LogP contribution in [0.5, 0.6) is 5.75 Å². The van der Waals surface area contributed by atoms with Crippen molar-refractivity contribution in [2.75, 3.05) is 12.4 Å². The summed E-state index contributed by atoms with van der Waals surface area (Å²) in [7, 11) is 1.66. The first-order chi connectivity index (χ1) is 13.2. The first kappa shape index (κ1) is 17.8. The third-order valence-electron chi connectivity index (χ3n) is 4.97. The highest BCUT2D eigenvalue weighted by molar-refractivity contribution is 7.18. The van der Waals surface area contributed by atoms with Crippen molar-refractivity contribution in [1.29, 1.82) is 0 Å². The Hall–Kier alpha value is -2.60. The first-order valence-electron chi connectivity index (χ1n) is 9.24. The predicted molar refractivity (Wildman–Crippen MR) is 111 cm³/mol. The number of ether oxygens (including phenoxy) is 1. The van der Waals surface area contributed by atoms with E-state index in [-0.39, 0.29) is 5.56 Å². The lowest BCUT2D eigenvalue weighted by Crippen LogP contribution is -2.25. The molecular formula is C21H23N3O2S. The van der Waals surface area contributed by atoms with Crippen LogP contribution in [-0.4, -0.2) is 16.7 Å². The van der Waals surface area contributed by atoms with E-state index in [1.54, 1.807) is 29.1 Å². The molecule has 0 fully saturated rings. The second kappa shape index (κ2) is 7.56. The Bertz CT molecular complexity index is 1050. The van der Waals surface area contributed by atoms with Crippen LogP contribution in [0.1, 0.15) is 28.8 Å². The molecule has 4 rings (SSSR count). The SMILES string of the molecule is C=CCn1c(NCc2cccc(OC)c2)nc2sc3c(c2c1=O)CCCC3. The van der Waals surface area contributed by atoms with E-state index in [4.69, 9.17) is 9.72 Å². The van der Waals surface area contributed by atoms with Crippen LogP contribution in [0.2, 0.25) is 0 Å². The van der Waals surface area contributed by atoms with E-state index in [1.165, 1.54) is 16.9 Å². The first-order valence-corrected chi connectivity index (χ1v) is 10.1. The van der Waals surface area contributed by atoms with Gasteiger partial charge in [0.05, 0.1) is 12.5 Å². The zero-order chi connectivity index (χ0) is 18.8. The van der Waals surface area contributed by atoms with Crippen LogP contribution in [0.3, 0.4) is 0 Å². The zero-order valence-corrected chi connectivity index (χ0v) is 16.3. The molecule has 0 amide bonds. The van der Waals surface area contributed by atoms with Crippen molar-refractivity contribution in [3.8, 4) is 5.75 Å². The molecule has 1 aliphatic carbocycles. The molecule has 1 aromatic carbocycles. The number of methoxy groups -OCH3 is 1. The van der Waals surface area contributed by atoms with Crippen molar-refractivity contribution in [2.45, 2.75) is 38.8 Å². The highest BCUT2D eigenvalue weighted by Gasteiger charge is 2.21. The summed E-state index contributed by atoms with van der Waals surface area (Å²) < 4.78 is 6.97. The fourth-order valence-electron chi connectivity index (χ4n) is 3.64.